The maximum atomic E-state index is 4.61. The monoisotopic (exact) mass is 333 g/mol. The summed E-state index contributed by atoms with van der Waals surface area (Å²) in [6.45, 7) is 2.73. The van der Waals surface area contributed by atoms with Crippen LogP contribution in [0.3, 0.4) is 0 Å². The second-order valence-corrected chi connectivity index (χ2v) is 5.61. The Morgan fingerprint density at radius 3 is 2.95 bits per heavy atom. The third kappa shape index (κ3) is 2.14. The number of aryl methyl sites for hydroxylation is 2. The number of nitrogens with zero attached hydrogens (tertiary/aromatic N) is 3. The molecule has 0 aliphatic heterocycles. The van der Waals surface area contributed by atoms with Crippen LogP contribution in [0.4, 0.5) is 0 Å². The van der Waals surface area contributed by atoms with Crippen LogP contribution in [0, 0.1) is 6.92 Å². The summed E-state index contributed by atoms with van der Waals surface area (Å²) in [4.78, 5) is 7.68. The summed E-state index contributed by atoms with van der Waals surface area (Å²) < 4.78 is 2.93. The van der Waals surface area contributed by atoms with Crippen molar-refractivity contribution in [3.8, 4) is 11.3 Å². The van der Waals surface area contributed by atoms with Crippen LogP contribution in [-0.4, -0.2) is 26.8 Å². The molecule has 2 N–H and O–H groups in total. The number of nitrogens with one attached hydrogen (secondary N) is 2. The molecular weight excluding hydrogens is 318 g/mol. The molecule has 0 atom stereocenters. The number of aromatic amines is 1. The fraction of sp³-hybridized carbons (Fsp3) is 0.286. The molecule has 0 unspecified atom stereocenters. The molecule has 0 amide bonds. The molecule has 0 spiro atoms. The minimum Gasteiger partial charge on any atom is -0.342 e. The lowest BCUT2D eigenvalue weighted by atomic mass is 10.1. The van der Waals surface area contributed by atoms with Crippen LogP contribution in [-0.2, 0) is 13.6 Å². The van der Waals surface area contributed by atoms with Crippen LogP contribution in [0.5, 0.6) is 0 Å². The first kappa shape index (κ1) is 13.3. The number of hydrogen-bond donors (Lipinski definition) is 2. The number of benzene rings is 1. The van der Waals surface area contributed by atoms with E-state index in [1.807, 2.05) is 31.8 Å². The molecule has 3 aromatic rings. The van der Waals surface area contributed by atoms with Gasteiger partial charge in [-0.1, -0.05) is 6.07 Å². The normalized spacial score (nSPS) is 11.4. The van der Waals surface area contributed by atoms with E-state index in [1.165, 1.54) is 0 Å². The van der Waals surface area contributed by atoms with Gasteiger partial charge in [-0.05, 0) is 42.0 Å². The second kappa shape index (κ2) is 5.03. The Balaban J connectivity index is 2.12. The highest BCUT2D eigenvalue weighted by Gasteiger charge is 2.15. The Bertz CT molecular complexity index is 771. The van der Waals surface area contributed by atoms with Crippen molar-refractivity contribution in [2.45, 2.75) is 13.5 Å². The van der Waals surface area contributed by atoms with Crippen molar-refractivity contribution in [1.82, 2.24) is 25.1 Å². The van der Waals surface area contributed by atoms with Crippen molar-refractivity contribution in [2.24, 2.45) is 7.05 Å². The minimum absolute atomic E-state index is 0.773. The first-order chi connectivity index (χ1) is 9.60. The molecular formula is C14H16BrN5. The topological polar surface area (TPSA) is 58.5 Å². The van der Waals surface area contributed by atoms with Gasteiger partial charge in [0, 0.05) is 19.2 Å². The Hall–Kier alpha value is -1.66. The second-order valence-electron chi connectivity index (χ2n) is 4.82. The fourth-order valence-corrected chi connectivity index (χ4v) is 3.07. The molecule has 0 saturated heterocycles. The lowest BCUT2D eigenvalue weighted by Crippen LogP contribution is -2.10. The van der Waals surface area contributed by atoms with Crippen molar-refractivity contribution >= 4 is 27.0 Å². The Kier molecular flexibility index (Phi) is 3.35. The van der Waals surface area contributed by atoms with Crippen molar-refractivity contribution in [3.63, 3.8) is 0 Å². The highest BCUT2D eigenvalue weighted by Crippen LogP contribution is 2.31. The lowest BCUT2D eigenvalue weighted by Gasteiger charge is -2.00. The van der Waals surface area contributed by atoms with Crippen LogP contribution in [0.25, 0.3) is 22.3 Å². The number of halogens is 1. The van der Waals surface area contributed by atoms with Gasteiger partial charge in [0.05, 0.1) is 21.2 Å². The summed E-state index contributed by atoms with van der Waals surface area (Å²) in [7, 11) is 3.89. The van der Waals surface area contributed by atoms with E-state index in [1.54, 1.807) is 0 Å². The van der Waals surface area contributed by atoms with E-state index in [-0.39, 0.29) is 0 Å². The van der Waals surface area contributed by atoms with Gasteiger partial charge in [0.1, 0.15) is 11.5 Å². The van der Waals surface area contributed by atoms with Crippen LogP contribution in [0.15, 0.2) is 22.7 Å². The highest BCUT2D eigenvalue weighted by atomic mass is 79.9. The molecule has 0 bridgehead atoms. The van der Waals surface area contributed by atoms with Gasteiger partial charge in [-0.2, -0.15) is 5.10 Å². The summed E-state index contributed by atoms with van der Waals surface area (Å²) in [5.74, 6) is 0.924. The maximum Gasteiger partial charge on any atom is 0.107 e. The molecule has 0 fully saturated rings. The van der Waals surface area contributed by atoms with Gasteiger partial charge in [-0.15, -0.1) is 0 Å². The van der Waals surface area contributed by atoms with E-state index in [0.29, 0.717) is 0 Å². The van der Waals surface area contributed by atoms with Gasteiger partial charge in [-0.25, -0.2) is 4.98 Å². The molecule has 6 heteroatoms. The molecule has 5 nitrogen and oxygen atoms in total. The summed E-state index contributed by atoms with van der Waals surface area (Å²) in [6, 6.07) is 6.16. The van der Waals surface area contributed by atoms with Crippen molar-refractivity contribution in [2.75, 3.05) is 7.05 Å². The van der Waals surface area contributed by atoms with Crippen LogP contribution >= 0.6 is 15.9 Å². The zero-order chi connectivity index (χ0) is 14.3. The summed E-state index contributed by atoms with van der Waals surface area (Å²) in [6.07, 6.45) is 0. The number of imidazole rings is 1. The van der Waals surface area contributed by atoms with Crippen molar-refractivity contribution in [1.29, 1.82) is 0 Å². The molecule has 0 aliphatic carbocycles. The predicted octanol–water partition coefficient (Wildman–Crippen LogP) is 2.75. The standard InChI is InChI=1S/C14H16BrN5/c1-8-17-10-5-4-9(6-11(10)18-8)14-13(15)12(7-16-2)20(3)19-14/h4-6,16H,7H2,1-3H3,(H,17,18). The number of fused-ring (bicyclic) bond motifs is 1. The quantitative estimate of drug-likeness (QED) is 0.774. The third-order valence-corrected chi connectivity index (χ3v) is 4.15. The number of H-pyrrole nitrogens is 1. The average molecular weight is 334 g/mol. The zero-order valence-corrected chi connectivity index (χ0v) is 13.2. The summed E-state index contributed by atoms with van der Waals surface area (Å²) in [5, 5.41) is 7.76. The van der Waals surface area contributed by atoms with Crippen LogP contribution in [0.1, 0.15) is 11.5 Å². The number of rotatable bonds is 3. The van der Waals surface area contributed by atoms with Crippen LogP contribution < -0.4 is 5.32 Å². The van der Waals surface area contributed by atoms with Gasteiger partial charge in [-0.3, -0.25) is 4.68 Å². The Morgan fingerprint density at radius 1 is 1.40 bits per heavy atom. The lowest BCUT2D eigenvalue weighted by molar-refractivity contribution is 0.671. The van der Waals surface area contributed by atoms with Gasteiger partial charge < -0.3 is 10.3 Å². The Morgan fingerprint density at radius 2 is 2.20 bits per heavy atom. The maximum absolute atomic E-state index is 4.61. The van der Waals surface area contributed by atoms with Gasteiger partial charge in [0.15, 0.2) is 0 Å². The third-order valence-electron chi connectivity index (χ3n) is 3.32. The first-order valence-electron chi connectivity index (χ1n) is 6.43. The molecule has 20 heavy (non-hydrogen) atoms. The molecule has 2 aromatic heterocycles. The highest BCUT2D eigenvalue weighted by molar-refractivity contribution is 9.10. The fourth-order valence-electron chi connectivity index (χ4n) is 2.36. The molecule has 0 radical (unpaired) electrons. The minimum atomic E-state index is 0.773. The van der Waals surface area contributed by atoms with E-state index < -0.39 is 0 Å². The van der Waals surface area contributed by atoms with Crippen molar-refractivity contribution in [3.05, 3.63) is 34.2 Å². The Labute approximate surface area is 125 Å². The van der Waals surface area contributed by atoms with E-state index in [9.17, 15) is 0 Å². The van der Waals surface area contributed by atoms with E-state index >= 15 is 0 Å². The number of hydrogen-bond acceptors (Lipinski definition) is 3. The van der Waals surface area contributed by atoms with Gasteiger partial charge >= 0.3 is 0 Å². The molecule has 0 aliphatic rings. The summed E-state index contributed by atoms with van der Waals surface area (Å²) in [5.41, 5.74) is 5.17. The zero-order valence-electron chi connectivity index (χ0n) is 11.7. The van der Waals surface area contributed by atoms with E-state index in [2.05, 4.69) is 48.4 Å². The molecule has 1 aromatic carbocycles. The van der Waals surface area contributed by atoms with E-state index in [4.69, 9.17) is 0 Å². The molecule has 0 saturated carbocycles. The average Bonchev–Trinajstić information content (AvgIpc) is 2.91. The number of aromatic nitrogens is 4. The molecule has 104 valence electrons. The SMILES string of the molecule is CNCc1c(Br)c(-c2ccc3nc(C)[nH]c3c2)nn1C. The van der Waals surface area contributed by atoms with Crippen molar-refractivity contribution < 1.29 is 0 Å². The smallest absolute Gasteiger partial charge is 0.107 e. The molecule has 2 heterocycles. The predicted molar refractivity (Wildman–Crippen MR) is 83.5 cm³/mol. The summed E-state index contributed by atoms with van der Waals surface area (Å²) >= 11 is 3.66. The molecule has 3 rings (SSSR count). The first-order valence-corrected chi connectivity index (χ1v) is 7.22. The van der Waals surface area contributed by atoms with Crippen LogP contribution in [0.2, 0.25) is 0 Å². The van der Waals surface area contributed by atoms with Gasteiger partial charge in [0.25, 0.3) is 0 Å². The van der Waals surface area contributed by atoms with Gasteiger partial charge in [0.2, 0.25) is 0 Å². The van der Waals surface area contributed by atoms with E-state index in [0.717, 1.165) is 44.8 Å². The largest absolute Gasteiger partial charge is 0.342 e.